The lowest BCUT2D eigenvalue weighted by molar-refractivity contribution is -0.140. The summed E-state index contributed by atoms with van der Waals surface area (Å²) < 4.78 is 51.4. The molecule has 1 saturated heterocycles. The standard InChI is InChI=1S/C13H12F4N2O2/c1-12(2)11(21)19(6-10(20)18-12)7-3-4-9(14)8(5-7)13(15,16)17/h3-5H,6H2,1-2H3,(H,18,20). The van der Waals surface area contributed by atoms with Gasteiger partial charge in [0.15, 0.2) is 0 Å². The second-order valence-electron chi connectivity index (χ2n) is 5.23. The van der Waals surface area contributed by atoms with Crippen LogP contribution in [0.5, 0.6) is 0 Å². The molecule has 0 bridgehead atoms. The van der Waals surface area contributed by atoms with Crippen molar-refractivity contribution in [2.75, 3.05) is 11.4 Å². The van der Waals surface area contributed by atoms with Crippen LogP contribution in [-0.2, 0) is 15.8 Å². The molecule has 114 valence electrons. The number of amides is 2. The molecule has 1 aromatic rings. The molecule has 0 radical (unpaired) electrons. The number of alkyl halides is 3. The quantitative estimate of drug-likeness (QED) is 0.808. The Kier molecular flexibility index (Phi) is 3.43. The molecule has 1 N–H and O–H groups in total. The largest absolute Gasteiger partial charge is 0.419 e. The van der Waals surface area contributed by atoms with Gasteiger partial charge in [-0.1, -0.05) is 0 Å². The number of carbonyl (C=O) groups excluding carboxylic acids is 2. The lowest BCUT2D eigenvalue weighted by Gasteiger charge is -2.37. The van der Waals surface area contributed by atoms with Crippen LogP contribution < -0.4 is 10.2 Å². The molecule has 0 unspecified atom stereocenters. The van der Waals surface area contributed by atoms with E-state index in [9.17, 15) is 27.2 Å². The van der Waals surface area contributed by atoms with E-state index in [4.69, 9.17) is 0 Å². The van der Waals surface area contributed by atoms with Gasteiger partial charge in [0.2, 0.25) is 5.91 Å². The molecule has 0 atom stereocenters. The number of nitrogens with one attached hydrogen (secondary N) is 1. The van der Waals surface area contributed by atoms with Crippen LogP contribution in [0.25, 0.3) is 0 Å². The molecule has 1 heterocycles. The minimum Gasteiger partial charge on any atom is -0.341 e. The highest BCUT2D eigenvalue weighted by molar-refractivity contribution is 6.08. The van der Waals surface area contributed by atoms with Gasteiger partial charge in [0.1, 0.15) is 17.9 Å². The Morgan fingerprint density at radius 1 is 1.24 bits per heavy atom. The fourth-order valence-electron chi connectivity index (χ4n) is 2.10. The Bertz CT molecular complexity index is 611. The van der Waals surface area contributed by atoms with Crippen molar-refractivity contribution in [1.29, 1.82) is 0 Å². The summed E-state index contributed by atoms with van der Waals surface area (Å²) in [6, 6.07) is 2.20. The van der Waals surface area contributed by atoms with Gasteiger partial charge in [0.05, 0.1) is 5.56 Å². The SMILES string of the molecule is CC1(C)NC(=O)CN(c2ccc(F)c(C(F)(F)F)c2)C1=O. The highest BCUT2D eigenvalue weighted by Crippen LogP contribution is 2.34. The summed E-state index contributed by atoms with van der Waals surface area (Å²) in [6.45, 7) is 2.46. The van der Waals surface area contributed by atoms with Crippen molar-refractivity contribution in [3.05, 3.63) is 29.6 Å². The topological polar surface area (TPSA) is 49.4 Å². The van der Waals surface area contributed by atoms with Crippen molar-refractivity contribution in [2.24, 2.45) is 0 Å². The lowest BCUT2D eigenvalue weighted by Crippen LogP contribution is -2.64. The lowest BCUT2D eigenvalue weighted by atomic mass is 9.99. The molecule has 2 rings (SSSR count). The van der Waals surface area contributed by atoms with Gasteiger partial charge < -0.3 is 10.2 Å². The van der Waals surface area contributed by atoms with Gasteiger partial charge in [0, 0.05) is 5.69 Å². The zero-order chi connectivity index (χ0) is 16.0. The smallest absolute Gasteiger partial charge is 0.341 e. The molecular formula is C13H12F4N2O2. The molecular weight excluding hydrogens is 292 g/mol. The predicted octanol–water partition coefficient (Wildman–Crippen LogP) is 2.09. The number of rotatable bonds is 1. The first-order chi connectivity index (χ1) is 9.52. The molecule has 1 aliphatic rings. The summed E-state index contributed by atoms with van der Waals surface area (Å²) in [5.74, 6) is -2.50. The molecule has 4 nitrogen and oxygen atoms in total. The first-order valence-electron chi connectivity index (χ1n) is 6.02. The minimum atomic E-state index is -4.88. The van der Waals surface area contributed by atoms with E-state index >= 15 is 0 Å². The molecule has 1 aromatic carbocycles. The zero-order valence-corrected chi connectivity index (χ0v) is 11.2. The Hall–Kier alpha value is -2.12. The van der Waals surface area contributed by atoms with Crippen molar-refractivity contribution in [3.8, 4) is 0 Å². The maximum Gasteiger partial charge on any atom is 0.419 e. The molecule has 2 amide bonds. The number of hydrogen-bond acceptors (Lipinski definition) is 2. The second-order valence-corrected chi connectivity index (χ2v) is 5.23. The van der Waals surface area contributed by atoms with Crippen LogP contribution in [-0.4, -0.2) is 23.9 Å². The van der Waals surface area contributed by atoms with E-state index in [1.165, 1.54) is 13.8 Å². The summed E-state index contributed by atoms with van der Waals surface area (Å²) in [6.07, 6.45) is -4.88. The van der Waals surface area contributed by atoms with Crippen LogP contribution in [0.4, 0.5) is 23.2 Å². The summed E-state index contributed by atoms with van der Waals surface area (Å²) in [5.41, 5.74) is -2.88. The number of piperazine rings is 1. The molecule has 8 heteroatoms. The van der Waals surface area contributed by atoms with Crippen LogP contribution in [0.3, 0.4) is 0 Å². The van der Waals surface area contributed by atoms with Gasteiger partial charge in [-0.3, -0.25) is 9.59 Å². The van der Waals surface area contributed by atoms with Gasteiger partial charge in [-0.15, -0.1) is 0 Å². The zero-order valence-electron chi connectivity index (χ0n) is 11.2. The van der Waals surface area contributed by atoms with E-state index in [1.807, 2.05) is 0 Å². The van der Waals surface area contributed by atoms with Crippen LogP contribution in [0.15, 0.2) is 18.2 Å². The fourth-order valence-corrected chi connectivity index (χ4v) is 2.10. The third-order valence-electron chi connectivity index (χ3n) is 3.10. The van der Waals surface area contributed by atoms with Crippen LogP contribution >= 0.6 is 0 Å². The number of halogens is 4. The maximum atomic E-state index is 13.3. The average Bonchev–Trinajstić information content (AvgIpc) is 2.32. The van der Waals surface area contributed by atoms with E-state index in [2.05, 4.69) is 5.32 Å². The van der Waals surface area contributed by atoms with E-state index in [-0.39, 0.29) is 5.69 Å². The molecule has 0 aliphatic carbocycles. The number of benzene rings is 1. The van der Waals surface area contributed by atoms with Crippen molar-refractivity contribution < 1.29 is 27.2 Å². The van der Waals surface area contributed by atoms with E-state index in [0.717, 1.165) is 11.0 Å². The van der Waals surface area contributed by atoms with Crippen molar-refractivity contribution in [2.45, 2.75) is 25.6 Å². The van der Waals surface area contributed by atoms with Gasteiger partial charge in [-0.2, -0.15) is 13.2 Å². The summed E-state index contributed by atoms with van der Waals surface area (Å²) >= 11 is 0. The van der Waals surface area contributed by atoms with Crippen molar-refractivity contribution in [1.82, 2.24) is 5.32 Å². The molecule has 1 aliphatic heterocycles. The molecule has 0 spiro atoms. The number of nitrogens with zero attached hydrogens (tertiary/aromatic N) is 1. The highest BCUT2D eigenvalue weighted by Gasteiger charge is 2.41. The first kappa shape index (κ1) is 15.3. The van der Waals surface area contributed by atoms with Gasteiger partial charge in [-0.05, 0) is 32.0 Å². The average molecular weight is 304 g/mol. The van der Waals surface area contributed by atoms with Gasteiger partial charge in [0.25, 0.3) is 5.91 Å². The van der Waals surface area contributed by atoms with Crippen LogP contribution in [0.2, 0.25) is 0 Å². The summed E-state index contributed by atoms with van der Waals surface area (Å²) in [7, 11) is 0. The monoisotopic (exact) mass is 304 g/mol. The Morgan fingerprint density at radius 2 is 1.86 bits per heavy atom. The highest BCUT2D eigenvalue weighted by atomic mass is 19.4. The third kappa shape index (κ3) is 2.84. The normalized spacial score (nSPS) is 18.7. The predicted molar refractivity (Wildman–Crippen MR) is 66.0 cm³/mol. The molecule has 21 heavy (non-hydrogen) atoms. The first-order valence-corrected chi connectivity index (χ1v) is 6.02. The van der Waals surface area contributed by atoms with Crippen molar-refractivity contribution in [3.63, 3.8) is 0 Å². The second kappa shape index (κ2) is 4.71. The third-order valence-corrected chi connectivity index (χ3v) is 3.10. The number of hydrogen-bond donors (Lipinski definition) is 1. The minimum absolute atomic E-state index is 0.170. The van der Waals surface area contributed by atoms with E-state index in [1.54, 1.807) is 0 Å². The Morgan fingerprint density at radius 3 is 2.43 bits per heavy atom. The van der Waals surface area contributed by atoms with E-state index in [0.29, 0.717) is 12.1 Å². The summed E-state index contributed by atoms with van der Waals surface area (Å²) in [5, 5.41) is 2.43. The Balaban J connectivity index is 2.47. The van der Waals surface area contributed by atoms with Crippen LogP contribution in [0.1, 0.15) is 19.4 Å². The Labute approximate surface area is 117 Å². The van der Waals surface area contributed by atoms with E-state index < -0.39 is 41.5 Å². The van der Waals surface area contributed by atoms with Crippen molar-refractivity contribution >= 4 is 17.5 Å². The summed E-state index contributed by atoms with van der Waals surface area (Å²) in [4.78, 5) is 24.6. The molecule has 0 saturated carbocycles. The maximum absolute atomic E-state index is 13.3. The number of carbonyl (C=O) groups is 2. The number of anilines is 1. The van der Waals surface area contributed by atoms with Crippen LogP contribution in [0, 0.1) is 5.82 Å². The van der Waals surface area contributed by atoms with Gasteiger partial charge in [-0.25, -0.2) is 4.39 Å². The molecule has 1 fully saturated rings. The van der Waals surface area contributed by atoms with Gasteiger partial charge >= 0.3 is 6.18 Å². The molecule has 0 aromatic heterocycles. The fraction of sp³-hybridized carbons (Fsp3) is 0.385.